The van der Waals surface area contributed by atoms with Crippen LogP contribution in [0.2, 0.25) is 0 Å². The number of hydrogen-bond donors (Lipinski definition) is 0. The molecule has 0 amide bonds. The molecule has 0 aliphatic carbocycles. The highest BCUT2D eigenvalue weighted by Gasteiger charge is 2.06. The lowest BCUT2D eigenvalue weighted by molar-refractivity contribution is 0.977. The van der Waals surface area contributed by atoms with Crippen LogP contribution in [0.1, 0.15) is 17.7 Å². The Labute approximate surface area is 103 Å². The molecule has 0 saturated carbocycles. The van der Waals surface area contributed by atoms with Crippen molar-refractivity contribution in [3.63, 3.8) is 0 Å². The zero-order chi connectivity index (χ0) is 11.4. The van der Waals surface area contributed by atoms with Gasteiger partial charge in [0.1, 0.15) is 16.2 Å². The summed E-state index contributed by atoms with van der Waals surface area (Å²) in [5.41, 5.74) is 0. The minimum atomic E-state index is 0.615. The highest BCUT2D eigenvalue weighted by Crippen LogP contribution is 2.30. The number of unbranched alkanes of at least 4 members (excludes halogenated alkanes) is 1. The van der Waals surface area contributed by atoms with E-state index in [4.69, 9.17) is 5.26 Å². The van der Waals surface area contributed by atoms with Crippen LogP contribution in [-0.4, -0.2) is 15.7 Å². The van der Waals surface area contributed by atoms with Gasteiger partial charge in [-0.15, -0.1) is 23.1 Å². The summed E-state index contributed by atoms with van der Waals surface area (Å²) in [4.78, 5) is 10.9. The van der Waals surface area contributed by atoms with Crippen molar-refractivity contribution < 1.29 is 0 Å². The maximum Gasteiger partial charge on any atom is 0.128 e. The lowest BCUT2D eigenvalue weighted by atomic mass is 10.4. The molecule has 0 N–H and O–H groups in total. The fourth-order valence-electron chi connectivity index (χ4n) is 1.39. The van der Waals surface area contributed by atoms with Crippen LogP contribution in [0.5, 0.6) is 0 Å². The lowest BCUT2D eigenvalue weighted by Gasteiger charge is -1.99. The third-order valence-corrected chi connectivity index (χ3v) is 4.14. The molecule has 0 aromatic carbocycles. The van der Waals surface area contributed by atoms with Gasteiger partial charge in [0.2, 0.25) is 0 Å². The van der Waals surface area contributed by atoms with Gasteiger partial charge in [-0.3, -0.25) is 0 Å². The van der Waals surface area contributed by atoms with Gasteiger partial charge in [0, 0.05) is 22.4 Å². The largest absolute Gasteiger partial charge is 0.229 e. The van der Waals surface area contributed by atoms with E-state index in [9.17, 15) is 0 Å². The van der Waals surface area contributed by atoms with Crippen LogP contribution in [0.15, 0.2) is 17.4 Å². The summed E-state index contributed by atoms with van der Waals surface area (Å²) in [6, 6.07) is 4.28. The second kappa shape index (κ2) is 5.28. The van der Waals surface area contributed by atoms with Gasteiger partial charge in [0.25, 0.3) is 0 Å². The van der Waals surface area contributed by atoms with Crippen molar-refractivity contribution >= 4 is 33.3 Å². The van der Waals surface area contributed by atoms with Crippen molar-refractivity contribution in [1.29, 1.82) is 5.26 Å². The zero-order valence-corrected chi connectivity index (χ0v) is 10.6. The molecule has 0 aliphatic heterocycles. The Morgan fingerprint density at radius 1 is 1.50 bits per heavy atom. The fourth-order valence-corrected chi connectivity index (χ4v) is 3.22. The number of thioether (sulfide) groups is 1. The first kappa shape index (κ1) is 11.4. The van der Waals surface area contributed by atoms with E-state index < -0.39 is 0 Å². The van der Waals surface area contributed by atoms with E-state index in [0.717, 1.165) is 27.4 Å². The topological polar surface area (TPSA) is 49.6 Å². The van der Waals surface area contributed by atoms with Crippen molar-refractivity contribution in [2.45, 2.75) is 24.8 Å². The number of hydrogen-bond acceptors (Lipinski definition) is 5. The van der Waals surface area contributed by atoms with Crippen LogP contribution >= 0.6 is 23.1 Å². The van der Waals surface area contributed by atoms with E-state index in [0.29, 0.717) is 6.42 Å². The number of thiophene rings is 1. The van der Waals surface area contributed by atoms with Gasteiger partial charge >= 0.3 is 0 Å². The molecule has 0 fully saturated rings. The van der Waals surface area contributed by atoms with Crippen LogP contribution < -0.4 is 0 Å². The zero-order valence-electron chi connectivity index (χ0n) is 8.93. The van der Waals surface area contributed by atoms with Crippen LogP contribution in [0.3, 0.4) is 0 Å². The van der Waals surface area contributed by atoms with Crippen LogP contribution in [-0.2, 0) is 0 Å². The molecule has 0 aliphatic rings. The normalized spacial score (nSPS) is 10.5. The Balaban J connectivity index is 2.14. The highest BCUT2D eigenvalue weighted by molar-refractivity contribution is 7.99. The summed E-state index contributed by atoms with van der Waals surface area (Å²) in [6.07, 6.45) is 3.14. The number of aryl methyl sites for hydroxylation is 1. The Bertz CT molecular complexity index is 527. The molecular formula is C11H11N3S2. The third-order valence-electron chi connectivity index (χ3n) is 2.09. The molecule has 2 aromatic heterocycles. The molecule has 0 atom stereocenters. The summed E-state index contributed by atoms with van der Waals surface area (Å²) in [6.45, 7) is 2.08. The smallest absolute Gasteiger partial charge is 0.128 e. The van der Waals surface area contributed by atoms with E-state index >= 15 is 0 Å². The predicted octanol–water partition coefficient (Wildman–Crippen LogP) is 3.40. The summed E-state index contributed by atoms with van der Waals surface area (Å²) in [7, 11) is 0. The summed E-state index contributed by atoms with van der Waals surface area (Å²) >= 11 is 3.40. The number of aromatic nitrogens is 2. The molecule has 0 radical (unpaired) electrons. The number of nitriles is 1. The van der Waals surface area contributed by atoms with Gasteiger partial charge in [-0.05, 0) is 19.4 Å². The van der Waals surface area contributed by atoms with Gasteiger partial charge in [-0.1, -0.05) is 0 Å². The number of fused-ring (bicyclic) bond motifs is 1. The van der Waals surface area contributed by atoms with Gasteiger partial charge in [-0.2, -0.15) is 5.26 Å². The monoisotopic (exact) mass is 249 g/mol. The van der Waals surface area contributed by atoms with Gasteiger partial charge < -0.3 is 0 Å². The van der Waals surface area contributed by atoms with Crippen LogP contribution in [0.4, 0.5) is 0 Å². The Hall–Kier alpha value is -1.12. The quantitative estimate of drug-likeness (QED) is 0.473. The minimum Gasteiger partial charge on any atom is -0.229 e. The average Bonchev–Trinajstić information content (AvgIpc) is 2.65. The maximum atomic E-state index is 8.46. The van der Waals surface area contributed by atoms with Crippen molar-refractivity contribution in [2.24, 2.45) is 0 Å². The standard InChI is InChI=1S/C11H11N3S2/c1-8-6-9-10(15-5-3-2-4-12)13-7-14-11(9)16-8/h6-7H,2-3,5H2,1H3. The Morgan fingerprint density at radius 3 is 3.19 bits per heavy atom. The number of rotatable bonds is 4. The second-order valence-corrected chi connectivity index (χ2v) is 5.68. The maximum absolute atomic E-state index is 8.46. The van der Waals surface area contributed by atoms with E-state index in [2.05, 4.69) is 29.0 Å². The highest BCUT2D eigenvalue weighted by atomic mass is 32.2. The van der Waals surface area contributed by atoms with Crippen molar-refractivity contribution in [3.05, 3.63) is 17.3 Å². The minimum absolute atomic E-state index is 0.615. The summed E-state index contributed by atoms with van der Waals surface area (Å²) in [5, 5.41) is 10.6. The van der Waals surface area contributed by atoms with E-state index in [1.807, 2.05) is 0 Å². The molecule has 82 valence electrons. The number of nitrogens with zero attached hydrogens (tertiary/aromatic N) is 3. The molecule has 2 heterocycles. The molecule has 0 bridgehead atoms. The summed E-state index contributed by atoms with van der Waals surface area (Å²) < 4.78 is 0. The first-order chi connectivity index (χ1) is 7.81. The molecule has 0 saturated heterocycles. The van der Waals surface area contributed by atoms with Crippen LogP contribution in [0, 0.1) is 18.3 Å². The Morgan fingerprint density at radius 2 is 2.38 bits per heavy atom. The SMILES string of the molecule is Cc1cc2c(SCCCC#N)ncnc2s1. The lowest BCUT2D eigenvalue weighted by Crippen LogP contribution is -1.85. The predicted molar refractivity (Wildman–Crippen MR) is 67.7 cm³/mol. The average molecular weight is 249 g/mol. The van der Waals surface area contributed by atoms with Gasteiger partial charge in [0.15, 0.2) is 0 Å². The van der Waals surface area contributed by atoms with Crippen molar-refractivity contribution in [2.75, 3.05) is 5.75 Å². The molecule has 5 heteroatoms. The van der Waals surface area contributed by atoms with Crippen LogP contribution in [0.25, 0.3) is 10.2 Å². The van der Waals surface area contributed by atoms with Gasteiger partial charge in [0.05, 0.1) is 6.07 Å². The molecular weight excluding hydrogens is 238 g/mol. The third kappa shape index (κ3) is 2.52. The van der Waals surface area contributed by atoms with E-state index in [-0.39, 0.29) is 0 Å². The summed E-state index contributed by atoms with van der Waals surface area (Å²) in [5.74, 6) is 0.939. The fraction of sp³-hybridized carbons (Fsp3) is 0.364. The van der Waals surface area contributed by atoms with Crippen molar-refractivity contribution in [1.82, 2.24) is 9.97 Å². The molecule has 16 heavy (non-hydrogen) atoms. The molecule has 2 aromatic rings. The first-order valence-corrected chi connectivity index (χ1v) is 6.82. The second-order valence-electron chi connectivity index (χ2n) is 3.36. The van der Waals surface area contributed by atoms with Gasteiger partial charge in [-0.25, -0.2) is 9.97 Å². The molecule has 2 rings (SSSR count). The molecule has 0 spiro atoms. The van der Waals surface area contributed by atoms with E-state index in [1.165, 1.54) is 4.88 Å². The van der Waals surface area contributed by atoms with Crippen molar-refractivity contribution in [3.8, 4) is 6.07 Å². The molecule has 0 unspecified atom stereocenters. The molecule has 3 nitrogen and oxygen atoms in total. The Kier molecular flexibility index (Phi) is 3.75. The van der Waals surface area contributed by atoms with E-state index in [1.54, 1.807) is 29.4 Å². The first-order valence-electron chi connectivity index (χ1n) is 5.02.